The third kappa shape index (κ3) is 1.99. The number of alkyl halides is 1. The summed E-state index contributed by atoms with van der Waals surface area (Å²) in [7, 11) is 0. The molecule has 0 heterocycles. The van der Waals surface area contributed by atoms with Crippen molar-refractivity contribution in [3.63, 3.8) is 0 Å². The molecule has 0 aromatic carbocycles. The molecule has 3 nitrogen and oxygen atoms in total. The van der Waals surface area contributed by atoms with Crippen LogP contribution in [-0.4, -0.2) is 23.8 Å². The Labute approximate surface area is 77.1 Å². The second-order valence-corrected chi connectivity index (χ2v) is 3.83. The fraction of sp³-hybridized carbons (Fsp3) is 0.889. The fourth-order valence-electron chi connectivity index (χ4n) is 2.08. The molecule has 1 fully saturated rings. The number of aliphatic carboxylic acids is 1. The van der Waals surface area contributed by atoms with Crippen LogP contribution in [0.5, 0.6) is 0 Å². The Balaban J connectivity index is 2.72. The molecule has 0 saturated heterocycles. The molecule has 1 saturated carbocycles. The Morgan fingerprint density at radius 1 is 1.46 bits per heavy atom. The first-order chi connectivity index (χ1) is 6.12. The molecule has 0 aromatic heterocycles. The van der Waals surface area contributed by atoms with Gasteiger partial charge in [0, 0.05) is 12.0 Å². The van der Waals surface area contributed by atoms with E-state index in [9.17, 15) is 9.18 Å². The first-order valence-electron chi connectivity index (χ1n) is 4.69. The summed E-state index contributed by atoms with van der Waals surface area (Å²) in [6.07, 6.45) is 2.27. The molecule has 0 bridgehead atoms. The number of nitrogens with two attached hydrogens (primary N) is 1. The van der Waals surface area contributed by atoms with E-state index in [1.54, 1.807) is 0 Å². The summed E-state index contributed by atoms with van der Waals surface area (Å²) in [5.74, 6) is -1.37. The minimum absolute atomic E-state index is 0.139. The van der Waals surface area contributed by atoms with Crippen LogP contribution in [0.3, 0.4) is 0 Å². The van der Waals surface area contributed by atoms with Gasteiger partial charge in [0.05, 0.1) is 0 Å². The average molecular weight is 189 g/mol. The highest BCUT2D eigenvalue weighted by molar-refractivity contribution is 5.73. The number of carboxylic acids is 1. The number of rotatable bonds is 3. The predicted molar refractivity (Wildman–Crippen MR) is 47.1 cm³/mol. The van der Waals surface area contributed by atoms with Crippen LogP contribution in [0.1, 0.15) is 32.1 Å². The maximum atomic E-state index is 13.4. The smallest absolute Gasteiger partial charge is 0.338 e. The van der Waals surface area contributed by atoms with Crippen LogP contribution >= 0.6 is 0 Å². The van der Waals surface area contributed by atoms with Gasteiger partial charge in [-0.3, -0.25) is 0 Å². The van der Waals surface area contributed by atoms with E-state index >= 15 is 0 Å². The second-order valence-electron chi connectivity index (χ2n) is 3.83. The van der Waals surface area contributed by atoms with Crippen LogP contribution in [0, 0.1) is 5.41 Å². The zero-order valence-corrected chi connectivity index (χ0v) is 7.63. The van der Waals surface area contributed by atoms with Crippen LogP contribution in [-0.2, 0) is 4.79 Å². The van der Waals surface area contributed by atoms with Crippen molar-refractivity contribution in [1.82, 2.24) is 0 Å². The molecule has 1 rings (SSSR count). The van der Waals surface area contributed by atoms with Gasteiger partial charge in [-0.15, -0.1) is 0 Å². The van der Waals surface area contributed by atoms with E-state index in [1.807, 2.05) is 0 Å². The normalized spacial score (nSPS) is 23.8. The van der Waals surface area contributed by atoms with Crippen LogP contribution < -0.4 is 5.73 Å². The quantitative estimate of drug-likeness (QED) is 0.703. The van der Waals surface area contributed by atoms with Crippen molar-refractivity contribution in [2.24, 2.45) is 11.1 Å². The third-order valence-electron chi connectivity index (χ3n) is 3.01. The number of carbonyl (C=O) groups is 1. The SMILES string of the molecule is NCC1(C(F)C(=O)O)CCCCC1. The summed E-state index contributed by atoms with van der Waals surface area (Å²) in [6.45, 7) is 0.139. The molecular weight excluding hydrogens is 173 g/mol. The van der Waals surface area contributed by atoms with E-state index in [1.165, 1.54) is 0 Å². The second kappa shape index (κ2) is 4.05. The fourth-order valence-corrected chi connectivity index (χ4v) is 2.08. The lowest BCUT2D eigenvalue weighted by Gasteiger charge is -2.36. The van der Waals surface area contributed by atoms with Crippen molar-refractivity contribution in [3.05, 3.63) is 0 Å². The molecule has 1 atom stereocenters. The summed E-state index contributed by atoms with van der Waals surface area (Å²) in [6, 6.07) is 0. The molecule has 0 radical (unpaired) electrons. The van der Waals surface area contributed by atoms with Crippen molar-refractivity contribution in [2.45, 2.75) is 38.3 Å². The molecule has 3 N–H and O–H groups in total. The Morgan fingerprint density at radius 2 is 2.00 bits per heavy atom. The lowest BCUT2D eigenvalue weighted by atomic mass is 9.71. The van der Waals surface area contributed by atoms with Crippen LogP contribution in [0.4, 0.5) is 4.39 Å². The molecule has 1 unspecified atom stereocenters. The third-order valence-corrected chi connectivity index (χ3v) is 3.01. The lowest BCUT2D eigenvalue weighted by molar-refractivity contribution is -0.149. The van der Waals surface area contributed by atoms with Crippen molar-refractivity contribution in [2.75, 3.05) is 6.54 Å². The summed E-state index contributed by atoms with van der Waals surface area (Å²) in [4.78, 5) is 10.5. The molecule has 1 aliphatic carbocycles. The van der Waals surface area contributed by atoms with E-state index < -0.39 is 17.6 Å². The van der Waals surface area contributed by atoms with Crippen molar-refractivity contribution in [3.8, 4) is 0 Å². The molecule has 76 valence electrons. The minimum atomic E-state index is -1.79. The van der Waals surface area contributed by atoms with Gasteiger partial charge in [0.25, 0.3) is 0 Å². The highest BCUT2D eigenvalue weighted by Crippen LogP contribution is 2.39. The Bertz CT molecular complexity index is 190. The zero-order valence-electron chi connectivity index (χ0n) is 7.63. The van der Waals surface area contributed by atoms with Crippen LogP contribution in [0.2, 0.25) is 0 Å². The van der Waals surface area contributed by atoms with Gasteiger partial charge in [0.1, 0.15) is 0 Å². The maximum absolute atomic E-state index is 13.4. The van der Waals surface area contributed by atoms with Crippen LogP contribution in [0.15, 0.2) is 0 Å². The van der Waals surface area contributed by atoms with Gasteiger partial charge in [-0.05, 0) is 12.8 Å². The zero-order chi connectivity index (χ0) is 9.90. The Kier molecular flexibility index (Phi) is 3.25. The molecule has 0 aromatic rings. The van der Waals surface area contributed by atoms with E-state index in [4.69, 9.17) is 10.8 Å². The summed E-state index contributed by atoms with van der Waals surface area (Å²) < 4.78 is 13.4. The van der Waals surface area contributed by atoms with Crippen molar-refractivity contribution in [1.29, 1.82) is 0 Å². The van der Waals surface area contributed by atoms with Gasteiger partial charge in [-0.25, -0.2) is 9.18 Å². The van der Waals surface area contributed by atoms with Gasteiger partial charge >= 0.3 is 5.97 Å². The molecular formula is C9H16FNO2. The maximum Gasteiger partial charge on any atom is 0.338 e. The monoisotopic (exact) mass is 189 g/mol. The van der Waals surface area contributed by atoms with E-state index in [2.05, 4.69) is 0 Å². The predicted octanol–water partition coefficient (Wildman–Crippen LogP) is 1.32. The molecule has 13 heavy (non-hydrogen) atoms. The van der Waals surface area contributed by atoms with E-state index in [0.29, 0.717) is 12.8 Å². The first-order valence-corrected chi connectivity index (χ1v) is 4.69. The average Bonchev–Trinajstić information content (AvgIpc) is 2.17. The van der Waals surface area contributed by atoms with Crippen LogP contribution in [0.25, 0.3) is 0 Å². The molecule has 4 heteroatoms. The largest absolute Gasteiger partial charge is 0.479 e. The van der Waals surface area contributed by atoms with Gasteiger partial charge in [0.15, 0.2) is 0 Å². The number of hydrogen-bond acceptors (Lipinski definition) is 2. The standard InChI is InChI=1S/C9H16FNO2/c10-7(8(12)13)9(6-11)4-2-1-3-5-9/h7H,1-6,11H2,(H,12,13). The topological polar surface area (TPSA) is 63.3 Å². The van der Waals surface area contributed by atoms with Gasteiger partial charge < -0.3 is 10.8 Å². The summed E-state index contributed by atoms with van der Waals surface area (Å²) in [5.41, 5.74) is 4.69. The Hall–Kier alpha value is -0.640. The van der Waals surface area contributed by atoms with Crippen molar-refractivity contribution < 1.29 is 14.3 Å². The number of carboxylic acid groups (broad SMARTS) is 1. The number of halogens is 1. The van der Waals surface area contributed by atoms with E-state index in [0.717, 1.165) is 19.3 Å². The van der Waals surface area contributed by atoms with Crippen molar-refractivity contribution >= 4 is 5.97 Å². The molecule has 0 amide bonds. The van der Waals surface area contributed by atoms with E-state index in [-0.39, 0.29) is 6.54 Å². The summed E-state index contributed by atoms with van der Waals surface area (Å²) in [5, 5.41) is 8.60. The number of hydrogen-bond donors (Lipinski definition) is 2. The highest BCUT2D eigenvalue weighted by atomic mass is 19.1. The lowest BCUT2D eigenvalue weighted by Crippen LogP contribution is -2.45. The summed E-state index contributed by atoms with van der Waals surface area (Å²) >= 11 is 0. The minimum Gasteiger partial charge on any atom is -0.479 e. The Morgan fingerprint density at radius 3 is 2.38 bits per heavy atom. The highest BCUT2D eigenvalue weighted by Gasteiger charge is 2.43. The molecule has 0 spiro atoms. The van der Waals surface area contributed by atoms with Gasteiger partial charge in [-0.1, -0.05) is 19.3 Å². The van der Waals surface area contributed by atoms with Gasteiger partial charge in [0.2, 0.25) is 6.17 Å². The first kappa shape index (κ1) is 10.4. The molecule has 0 aliphatic heterocycles. The molecule has 1 aliphatic rings. The van der Waals surface area contributed by atoms with Gasteiger partial charge in [-0.2, -0.15) is 0 Å².